The predicted octanol–water partition coefficient (Wildman–Crippen LogP) is 4.51. The minimum atomic E-state index is -0.424. The number of carbonyl (C=O) groups is 1. The molecule has 0 atom stereocenters. The van der Waals surface area contributed by atoms with Gasteiger partial charge in [0.15, 0.2) is 0 Å². The van der Waals surface area contributed by atoms with Crippen LogP contribution in [0, 0.1) is 0 Å². The fraction of sp³-hybridized carbons (Fsp3) is 0.0500. The van der Waals surface area contributed by atoms with Gasteiger partial charge in [-0.15, -0.1) is 0 Å². The van der Waals surface area contributed by atoms with Crippen molar-refractivity contribution < 1.29 is 14.6 Å². The monoisotopic (exact) mass is 304 g/mol. The minimum Gasteiger partial charge on any atom is -0.508 e. The zero-order valence-corrected chi connectivity index (χ0v) is 12.7. The van der Waals surface area contributed by atoms with Gasteiger partial charge in [-0.3, -0.25) is 0 Å². The molecule has 0 unspecified atom stereocenters. The second-order valence-electron chi connectivity index (χ2n) is 5.16. The molecule has 0 aliphatic rings. The number of carbonyl (C=O) groups excluding carboxylic acids is 1. The van der Waals surface area contributed by atoms with Crippen molar-refractivity contribution in [3.63, 3.8) is 0 Å². The van der Waals surface area contributed by atoms with E-state index in [0.717, 1.165) is 16.7 Å². The molecular weight excluding hydrogens is 288 g/mol. The third-order valence-electron chi connectivity index (χ3n) is 3.71. The third-order valence-corrected chi connectivity index (χ3v) is 3.71. The smallest absolute Gasteiger partial charge is 0.338 e. The van der Waals surface area contributed by atoms with Gasteiger partial charge in [-0.2, -0.15) is 0 Å². The second kappa shape index (κ2) is 6.36. The first-order valence-corrected chi connectivity index (χ1v) is 7.26. The van der Waals surface area contributed by atoms with E-state index in [1.807, 2.05) is 54.6 Å². The minimum absolute atomic E-state index is 0.111. The lowest BCUT2D eigenvalue weighted by Gasteiger charge is -2.10. The first-order valence-electron chi connectivity index (χ1n) is 7.26. The molecule has 0 radical (unpaired) electrons. The molecule has 0 bridgehead atoms. The van der Waals surface area contributed by atoms with Crippen molar-refractivity contribution in [2.75, 3.05) is 7.11 Å². The number of rotatable bonds is 3. The highest BCUT2D eigenvalue weighted by molar-refractivity contribution is 5.97. The fourth-order valence-corrected chi connectivity index (χ4v) is 2.53. The SMILES string of the molecule is COC(=O)c1ccc(O)cc1-c1ccc(-c2ccccc2)cc1. The molecule has 0 saturated carbocycles. The number of hydrogen-bond acceptors (Lipinski definition) is 3. The van der Waals surface area contributed by atoms with Crippen LogP contribution in [0.1, 0.15) is 10.4 Å². The van der Waals surface area contributed by atoms with Crippen LogP contribution in [-0.4, -0.2) is 18.2 Å². The first kappa shape index (κ1) is 14.9. The molecule has 0 saturated heterocycles. The molecule has 3 aromatic rings. The molecule has 0 aromatic heterocycles. The molecule has 0 amide bonds. The van der Waals surface area contributed by atoms with Crippen LogP contribution in [0.4, 0.5) is 0 Å². The summed E-state index contributed by atoms with van der Waals surface area (Å²) < 4.78 is 4.81. The molecular formula is C20H16O3. The summed E-state index contributed by atoms with van der Waals surface area (Å²) in [7, 11) is 1.34. The van der Waals surface area contributed by atoms with E-state index < -0.39 is 5.97 Å². The van der Waals surface area contributed by atoms with Crippen molar-refractivity contribution >= 4 is 5.97 Å². The Kier molecular flexibility index (Phi) is 4.11. The summed E-state index contributed by atoms with van der Waals surface area (Å²) >= 11 is 0. The molecule has 0 fully saturated rings. The number of phenols is 1. The van der Waals surface area contributed by atoms with E-state index in [2.05, 4.69) is 0 Å². The highest BCUT2D eigenvalue weighted by Crippen LogP contribution is 2.30. The molecule has 0 aliphatic heterocycles. The van der Waals surface area contributed by atoms with Crippen LogP contribution in [0.5, 0.6) is 5.75 Å². The topological polar surface area (TPSA) is 46.5 Å². The van der Waals surface area contributed by atoms with E-state index in [1.54, 1.807) is 12.1 Å². The Morgan fingerprint density at radius 1 is 0.826 bits per heavy atom. The average molecular weight is 304 g/mol. The molecule has 114 valence electrons. The molecule has 3 nitrogen and oxygen atoms in total. The normalized spacial score (nSPS) is 10.3. The van der Waals surface area contributed by atoms with E-state index in [0.29, 0.717) is 11.1 Å². The van der Waals surface area contributed by atoms with E-state index in [9.17, 15) is 9.90 Å². The van der Waals surface area contributed by atoms with Crippen molar-refractivity contribution in [1.29, 1.82) is 0 Å². The van der Waals surface area contributed by atoms with Gasteiger partial charge in [0.1, 0.15) is 5.75 Å². The third kappa shape index (κ3) is 3.09. The summed E-state index contributed by atoms with van der Waals surface area (Å²) in [6.45, 7) is 0. The molecule has 0 heterocycles. The summed E-state index contributed by atoms with van der Waals surface area (Å²) in [4.78, 5) is 11.9. The maximum Gasteiger partial charge on any atom is 0.338 e. The lowest BCUT2D eigenvalue weighted by atomic mass is 9.96. The molecule has 3 aromatic carbocycles. The standard InChI is InChI=1S/C20H16O3/c1-23-20(22)18-12-11-17(21)13-19(18)16-9-7-15(8-10-16)14-5-3-2-4-6-14/h2-13,21H,1H3. The second-order valence-corrected chi connectivity index (χ2v) is 5.16. The Labute approximate surface area is 134 Å². The Morgan fingerprint density at radius 3 is 2.09 bits per heavy atom. The van der Waals surface area contributed by atoms with Crippen LogP contribution in [-0.2, 0) is 4.74 Å². The summed E-state index contributed by atoms with van der Waals surface area (Å²) in [5, 5.41) is 9.73. The highest BCUT2D eigenvalue weighted by Gasteiger charge is 2.14. The lowest BCUT2D eigenvalue weighted by molar-refractivity contribution is 0.0601. The van der Waals surface area contributed by atoms with Crippen molar-refractivity contribution in [2.45, 2.75) is 0 Å². The van der Waals surface area contributed by atoms with Crippen molar-refractivity contribution in [2.24, 2.45) is 0 Å². The van der Waals surface area contributed by atoms with Crippen LogP contribution < -0.4 is 0 Å². The zero-order chi connectivity index (χ0) is 16.2. The Morgan fingerprint density at radius 2 is 1.43 bits per heavy atom. The molecule has 23 heavy (non-hydrogen) atoms. The highest BCUT2D eigenvalue weighted by atomic mass is 16.5. The maximum absolute atomic E-state index is 11.9. The van der Waals surface area contributed by atoms with Gasteiger partial charge in [0.05, 0.1) is 12.7 Å². The average Bonchev–Trinajstić information content (AvgIpc) is 2.62. The Hall–Kier alpha value is -3.07. The number of phenolic OH excluding ortho intramolecular Hbond substituents is 1. The molecule has 1 N–H and O–H groups in total. The van der Waals surface area contributed by atoms with Crippen LogP contribution in [0.15, 0.2) is 72.8 Å². The summed E-state index contributed by atoms with van der Waals surface area (Å²) in [5.41, 5.74) is 4.15. The number of hydrogen-bond donors (Lipinski definition) is 1. The first-order chi connectivity index (χ1) is 11.2. The Balaban J connectivity index is 2.03. The van der Waals surface area contributed by atoms with Gasteiger partial charge >= 0.3 is 5.97 Å². The van der Waals surface area contributed by atoms with E-state index in [4.69, 9.17) is 4.74 Å². The Bertz CT molecular complexity index is 821. The van der Waals surface area contributed by atoms with Gasteiger partial charge in [-0.25, -0.2) is 4.79 Å². The number of esters is 1. The van der Waals surface area contributed by atoms with Crippen molar-refractivity contribution in [1.82, 2.24) is 0 Å². The zero-order valence-electron chi connectivity index (χ0n) is 12.7. The van der Waals surface area contributed by atoms with Crippen LogP contribution in [0.2, 0.25) is 0 Å². The van der Waals surface area contributed by atoms with Gasteiger partial charge in [0.25, 0.3) is 0 Å². The quantitative estimate of drug-likeness (QED) is 0.724. The van der Waals surface area contributed by atoms with Gasteiger partial charge in [-0.1, -0.05) is 54.6 Å². The number of benzene rings is 3. The molecule has 3 rings (SSSR count). The maximum atomic E-state index is 11.9. The molecule has 0 spiro atoms. The molecule has 3 heteroatoms. The van der Waals surface area contributed by atoms with Crippen molar-refractivity contribution in [3.8, 4) is 28.0 Å². The molecule has 0 aliphatic carbocycles. The van der Waals surface area contributed by atoms with Gasteiger partial charge in [-0.05, 0) is 40.5 Å². The van der Waals surface area contributed by atoms with Crippen LogP contribution in [0.25, 0.3) is 22.3 Å². The van der Waals surface area contributed by atoms with Gasteiger partial charge < -0.3 is 9.84 Å². The summed E-state index contributed by atoms with van der Waals surface area (Å²) in [6.07, 6.45) is 0. The van der Waals surface area contributed by atoms with Gasteiger partial charge in [0.2, 0.25) is 0 Å². The van der Waals surface area contributed by atoms with E-state index in [1.165, 1.54) is 13.2 Å². The van der Waals surface area contributed by atoms with Crippen LogP contribution >= 0.6 is 0 Å². The van der Waals surface area contributed by atoms with Crippen molar-refractivity contribution in [3.05, 3.63) is 78.4 Å². The van der Waals surface area contributed by atoms with Crippen LogP contribution in [0.3, 0.4) is 0 Å². The van der Waals surface area contributed by atoms with E-state index in [-0.39, 0.29) is 5.75 Å². The lowest BCUT2D eigenvalue weighted by Crippen LogP contribution is -2.03. The summed E-state index contributed by atoms with van der Waals surface area (Å²) in [5.74, 6) is -0.313. The fourth-order valence-electron chi connectivity index (χ4n) is 2.53. The number of ether oxygens (including phenoxy) is 1. The number of methoxy groups -OCH3 is 1. The van der Waals surface area contributed by atoms with Gasteiger partial charge in [0, 0.05) is 0 Å². The number of aromatic hydroxyl groups is 1. The summed E-state index contributed by atoms with van der Waals surface area (Å²) in [6, 6.07) is 22.5. The predicted molar refractivity (Wildman–Crippen MR) is 90.3 cm³/mol. The largest absolute Gasteiger partial charge is 0.508 e. The van der Waals surface area contributed by atoms with E-state index >= 15 is 0 Å².